The van der Waals surface area contributed by atoms with Crippen LogP contribution in [-0.2, 0) is 0 Å². The number of nitrogens with zero attached hydrogens (tertiary/aromatic N) is 2. The molecule has 0 fully saturated rings. The standard InChI is InChI=1S/C14H14Cl2N4O/c1-2-6-17-14(21)11-7-19-12(8-18-11)20-13-9(15)4-3-5-10(13)16/h3-5,7-8H,2,6H2,1H3,(H,17,21)(H,19,20). The third-order valence-electron chi connectivity index (χ3n) is 2.64. The number of hydrogen-bond donors (Lipinski definition) is 2. The summed E-state index contributed by atoms with van der Waals surface area (Å²) >= 11 is 12.1. The Kier molecular flexibility index (Phi) is 5.36. The van der Waals surface area contributed by atoms with Crippen LogP contribution in [0.4, 0.5) is 11.5 Å². The Morgan fingerprint density at radius 3 is 2.48 bits per heavy atom. The van der Waals surface area contributed by atoms with E-state index in [0.717, 1.165) is 6.42 Å². The van der Waals surface area contributed by atoms with Gasteiger partial charge in [-0.05, 0) is 18.6 Å². The maximum atomic E-state index is 11.7. The van der Waals surface area contributed by atoms with E-state index in [4.69, 9.17) is 23.2 Å². The molecule has 1 aromatic carbocycles. The summed E-state index contributed by atoms with van der Waals surface area (Å²) in [6.07, 6.45) is 3.72. The number of anilines is 2. The number of carbonyl (C=O) groups is 1. The van der Waals surface area contributed by atoms with Crippen LogP contribution in [0.5, 0.6) is 0 Å². The van der Waals surface area contributed by atoms with E-state index in [-0.39, 0.29) is 11.6 Å². The first-order chi connectivity index (χ1) is 10.1. The Labute approximate surface area is 132 Å². The summed E-state index contributed by atoms with van der Waals surface area (Å²) in [7, 11) is 0. The Balaban J connectivity index is 2.11. The Morgan fingerprint density at radius 1 is 1.19 bits per heavy atom. The number of carbonyl (C=O) groups excluding carboxylic acids is 1. The van der Waals surface area contributed by atoms with Crippen molar-refractivity contribution in [3.8, 4) is 0 Å². The second-order valence-corrected chi connectivity index (χ2v) is 5.08. The van der Waals surface area contributed by atoms with Gasteiger partial charge in [0.2, 0.25) is 0 Å². The quantitative estimate of drug-likeness (QED) is 0.880. The number of amides is 1. The minimum atomic E-state index is -0.244. The molecule has 0 saturated carbocycles. The summed E-state index contributed by atoms with van der Waals surface area (Å²) in [5.74, 6) is 0.212. The van der Waals surface area contributed by atoms with Gasteiger partial charge < -0.3 is 10.6 Å². The van der Waals surface area contributed by atoms with Crippen LogP contribution in [0, 0.1) is 0 Å². The zero-order valence-electron chi connectivity index (χ0n) is 11.4. The highest BCUT2D eigenvalue weighted by molar-refractivity contribution is 6.39. The van der Waals surface area contributed by atoms with E-state index in [1.807, 2.05) is 6.92 Å². The van der Waals surface area contributed by atoms with E-state index < -0.39 is 0 Å². The molecule has 21 heavy (non-hydrogen) atoms. The van der Waals surface area contributed by atoms with E-state index in [2.05, 4.69) is 20.6 Å². The van der Waals surface area contributed by atoms with Crippen LogP contribution >= 0.6 is 23.2 Å². The van der Waals surface area contributed by atoms with Gasteiger partial charge in [0.1, 0.15) is 11.5 Å². The molecule has 5 nitrogen and oxygen atoms in total. The molecule has 0 saturated heterocycles. The zero-order valence-corrected chi connectivity index (χ0v) is 12.9. The fourth-order valence-electron chi connectivity index (χ4n) is 1.58. The average Bonchev–Trinajstić information content (AvgIpc) is 2.49. The predicted molar refractivity (Wildman–Crippen MR) is 84.4 cm³/mol. The zero-order chi connectivity index (χ0) is 15.2. The van der Waals surface area contributed by atoms with Crippen LogP contribution < -0.4 is 10.6 Å². The minimum absolute atomic E-state index is 0.244. The van der Waals surface area contributed by atoms with Crippen molar-refractivity contribution in [2.24, 2.45) is 0 Å². The SMILES string of the molecule is CCCNC(=O)c1cnc(Nc2c(Cl)cccc2Cl)cn1. The number of nitrogens with one attached hydrogen (secondary N) is 2. The van der Waals surface area contributed by atoms with Crippen molar-refractivity contribution in [2.75, 3.05) is 11.9 Å². The molecule has 0 bridgehead atoms. The topological polar surface area (TPSA) is 66.9 Å². The molecule has 0 spiro atoms. The molecule has 2 N–H and O–H groups in total. The van der Waals surface area contributed by atoms with Gasteiger partial charge in [0.15, 0.2) is 0 Å². The van der Waals surface area contributed by atoms with Crippen LogP contribution in [-0.4, -0.2) is 22.4 Å². The maximum absolute atomic E-state index is 11.7. The predicted octanol–water partition coefficient (Wildman–Crippen LogP) is 3.67. The number of halogens is 2. The van der Waals surface area contributed by atoms with Gasteiger partial charge >= 0.3 is 0 Å². The van der Waals surface area contributed by atoms with Crippen molar-refractivity contribution in [1.29, 1.82) is 0 Å². The van der Waals surface area contributed by atoms with Crippen molar-refractivity contribution >= 4 is 40.6 Å². The molecular weight excluding hydrogens is 311 g/mol. The van der Waals surface area contributed by atoms with Gasteiger partial charge in [-0.1, -0.05) is 36.2 Å². The molecule has 2 aromatic rings. The highest BCUT2D eigenvalue weighted by Gasteiger charge is 2.09. The van der Waals surface area contributed by atoms with Gasteiger partial charge in [0, 0.05) is 6.54 Å². The summed E-state index contributed by atoms with van der Waals surface area (Å²) in [6, 6.07) is 5.19. The third-order valence-corrected chi connectivity index (χ3v) is 3.27. The first-order valence-electron chi connectivity index (χ1n) is 6.43. The molecule has 0 aliphatic heterocycles. The number of benzene rings is 1. The molecule has 1 amide bonds. The van der Waals surface area contributed by atoms with E-state index in [1.165, 1.54) is 12.4 Å². The molecule has 0 aliphatic carbocycles. The van der Waals surface area contributed by atoms with Crippen molar-refractivity contribution < 1.29 is 4.79 Å². The Bertz CT molecular complexity index is 611. The fraction of sp³-hybridized carbons (Fsp3) is 0.214. The minimum Gasteiger partial charge on any atom is -0.351 e. The fourth-order valence-corrected chi connectivity index (χ4v) is 2.08. The first-order valence-corrected chi connectivity index (χ1v) is 7.18. The number of rotatable bonds is 5. The van der Waals surface area contributed by atoms with Crippen molar-refractivity contribution in [3.05, 3.63) is 46.3 Å². The van der Waals surface area contributed by atoms with Crippen molar-refractivity contribution in [3.63, 3.8) is 0 Å². The molecule has 1 heterocycles. The molecule has 7 heteroatoms. The van der Waals surface area contributed by atoms with Crippen molar-refractivity contribution in [1.82, 2.24) is 15.3 Å². The summed E-state index contributed by atoms with van der Waals surface area (Å²) in [5.41, 5.74) is 0.817. The molecular formula is C14H14Cl2N4O. The highest BCUT2D eigenvalue weighted by atomic mass is 35.5. The first kappa shape index (κ1) is 15.5. The smallest absolute Gasteiger partial charge is 0.271 e. The van der Waals surface area contributed by atoms with Gasteiger partial charge in [0.25, 0.3) is 5.91 Å². The van der Waals surface area contributed by atoms with Crippen LogP contribution in [0.25, 0.3) is 0 Å². The van der Waals surface area contributed by atoms with E-state index in [1.54, 1.807) is 18.2 Å². The summed E-state index contributed by atoms with van der Waals surface area (Å²) in [6.45, 7) is 2.59. The molecule has 110 valence electrons. The van der Waals surface area contributed by atoms with Gasteiger partial charge in [-0.15, -0.1) is 0 Å². The summed E-state index contributed by atoms with van der Waals surface area (Å²) in [4.78, 5) is 19.9. The molecule has 0 aliphatic rings. The van der Waals surface area contributed by atoms with E-state index >= 15 is 0 Å². The van der Waals surface area contributed by atoms with Crippen LogP contribution in [0.3, 0.4) is 0 Å². The lowest BCUT2D eigenvalue weighted by Gasteiger charge is -2.09. The normalized spacial score (nSPS) is 10.2. The number of hydrogen-bond acceptors (Lipinski definition) is 4. The Hall–Kier alpha value is -1.85. The van der Waals surface area contributed by atoms with Gasteiger partial charge in [-0.25, -0.2) is 9.97 Å². The van der Waals surface area contributed by atoms with Crippen LogP contribution in [0.15, 0.2) is 30.6 Å². The highest BCUT2D eigenvalue weighted by Crippen LogP contribution is 2.31. The molecule has 0 radical (unpaired) electrons. The molecule has 2 rings (SSSR count). The van der Waals surface area contributed by atoms with Crippen molar-refractivity contribution in [2.45, 2.75) is 13.3 Å². The molecule has 1 aromatic heterocycles. The van der Waals surface area contributed by atoms with Gasteiger partial charge in [0.05, 0.1) is 28.1 Å². The summed E-state index contributed by atoms with van der Waals surface area (Å²) < 4.78 is 0. The van der Waals surface area contributed by atoms with Crippen LogP contribution in [0.2, 0.25) is 10.0 Å². The lowest BCUT2D eigenvalue weighted by molar-refractivity contribution is 0.0948. The summed E-state index contributed by atoms with van der Waals surface area (Å²) in [5, 5.41) is 6.67. The largest absolute Gasteiger partial charge is 0.351 e. The second-order valence-electron chi connectivity index (χ2n) is 4.26. The number of aromatic nitrogens is 2. The Morgan fingerprint density at radius 2 is 1.90 bits per heavy atom. The van der Waals surface area contributed by atoms with Crippen LogP contribution in [0.1, 0.15) is 23.8 Å². The molecule has 0 atom stereocenters. The third kappa shape index (κ3) is 4.06. The van der Waals surface area contributed by atoms with Gasteiger partial charge in [-0.3, -0.25) is 4.79 Å². The van der Waals surface area contributed by atoms with E-state index in [9.17, 15) is 4.79 Å². The van der Waals surface area contributed by atoms with E-state index in [0.29, 0.717) is 28.1 Å². The second kappa shape index (κ2) is 7.24. The maximum Gasteiger partial charge on any atom is 0.271 e. The molecule has 0 unspecified atom stereocenters. The number of para-hydroxylation sites is 1. The van der Waals surface area contributed by atoms with Gasteiger partial charge in [-0.2, -0.15) is 0 Å². The average molecular weight is 325 g/mol. The lowest BCUT2D eigenvalue weighted by atomic mass is 10.3. The monoisotopic (exact) mass is 324 g/mol. The lowest BCUT2D eigenvalue weighted by Crippen LogP contribution is -2.25.